The molecule has 12 nitrogen and oxygen atoms in total. The zero-order chi connectivity index (χ0) is 39.6. The number of hydrogen-bond donors (Lipinski definition) is 5. The maximum atomic E-state index is 12.1. The van der Waals surface area contributed by atoms with Gasteiger partial charge in [-0.05, 0) is 61.4 Å². The zero-order valence-corrected chi connectivity index (χ0v) is 34.1. The first-order valence-electron chi connectivity index (χ1n) is 18.7. The molecule has 5 N–H and O–H groups in total. The fourth-order valence-electron chi connectivity index (χ4n) is 6.19. The Morgan fingerprint density at radius 2 is 1.05 bits per heavy atom. The van der Waals surface area contributed by atoms with Gasteiger partial charge in [0, 0.05) is 127 Å². The number of hydrogen-bond acceptors (Lipinski definition) is 10. The summed E-state index contributed by atoms with van der Waals surface area (Å²) in [5.74, 6) is 0.525. The van der Waals surface area contributed by atoms with Gasteiger partial charge in [-0.2, -0.15) is 0 Å². The van der Waals surface area contributed by atoms with E-state index in [1.165, 1.54) is 6.07 Å². The molecule has 2 fully saturated rings. The van der Waals surface area contributed by atoms with Crippen LogP contribution in [0.3, 0.4) is 0 Å². The number of alkyl halides is 1. The van der Waals surface area contributed by atoms with E-state index in [0.717, 1.165) is 101 Å². The van der Waals surface area contributed by atoms with Gasteiger partial charge >= 0.3 is 0 Å². The number of halogens is 3. The summed E-state index contributed by atoms with van der Waals surface area (Å²) in [6, 6.07) is 17.8. The number of rotatable bonds is 13. The molecule has 15 heteroatoms. The summed E-state index contributed by atoms with van der Waals surface area (Å²) >= 11 is 18.3. The van der Waals surface area contributed by atoms with Crippen LogP contribution < -0.4 is 27.1 Å². The fourth-order valence-corrected chi connectivity index (χ4v) is 6.83. The Morgan fingerprint density at radius 3 is 1.49 bits per heavy atom. The van der Waals surface area contributed by atoms with Crippen LogP contribution in [0.25, 0.3) is 11.4 Å². The molecule has 2 aliphatic rings. The van der Waals surface area contributed by atoms with E-state index in [4.69, 9.17) is 45.0 Å². The second kappa shape index (κ2) is 23.6. The van der Waals surface area contributed by atoms with Gasteiger partial charge in [0.1, 0.15) is 0 Å². The van der Waals surface area contributed by atoms with Crippen LogP contribution in [0.2, 0.25) is 10.0 Å². The summed E-state index contributed by atoms with van der Waals surface area (Å²) in [5, 5.41) is 28.4. The van der Waals surface area contributed by atoms with Crippen molar-refractivity contribution in [2.45, 2.75) is 13.8 Å². The van der Waals surface area contributed by atoms with Gasteiger partial charge in [-0.1, -0.05) is 35.3 Å². The first-order valence-corrected chi connectivity index (χ1v) is 20.0. The van der Waals surface area contributed by atoms with Crippen molar-refractivity contribution in [1.82, 2.24) is 29.2 Å². The summed E-state index contributed by atoms with van der Waals surface area (Å²) in [5.41, 5.74) is 5.01. The monoisotopic (exact) mass is 816 g/mol. The van der Waals surface area contributed by atoms with Crippen LogP contribution >= 0.6 is 34.8 Å². The number of pyridine rings is 2. The topological polar surface area (TPSA) is 130 Å². The lowest BCUT2D eigenvalue weighted by atomic mass is 10.2. The Kier molecular flexibility index (Phi) is 19.0. The summed E-state index contributed by atoms with van der Waals surface area (Å²) < 4.78 is 3.12. The van der Waals surface area contributed by atoms with Crippen molar-refractivity contribution in [3.8, 4) is 11.4 Å². The van der Waals surface area contributed by atoms with Gasteiger partial charge in [0.15, 0.2) is 0 Å². The minimum Gasteiger partial charge on any atom is -0.395 e. The van der Waals surface area contributed by atoms with E-state index in [-0.39, 0.29) is 17.7 Å². The normalized spacial score (nSPS) is 15.0. The second-order valence-corrected chi connectivity index (χ2v) is 14.6. The molecule has 0 spiro atoms. The molecule has 300 valence electrons. The smallest absolute Gasteiger partial charge is 0.255 e. The molecule has 0 bridgehead atoms. The number of aromatic nitrogens is 2. The molecular weight excluding hydrogens is 763 g/mol. The van der Waals surface area contributed by atoms with Crippen LogP contribution in [0, 0.1) is 13.8 Å². The van der Waals surface area contributed by atoms with Crippen molar-refractivity contribution in [2.24, 2.45) is 0 Å². The number of aliphatic hydroxyl groups is 2. The van der Waals surface area contributed by atoms with Crippen LogP contribution in [-0.2, 0) is 0 Å². The number of anilines is 2. The molecule has 2 aromatic carbocycles. The van der Waals surface area contributed by atoms with E-state index >= 15 is 0 Å². The number of β-amino-alcohol motifs (C(OH)–C–C–N with tert-alkyl or cyclic N) is 2. The predicted octanol–water partition coefficient (Wildman–Crippen LogP) is 4.16. The lowest BCUT2D eigenvalue weighted by Gasteiger charge is -2.34. The first kappa shape index (κ1) is 44.3. The Hall–Kier alpha value is -3.43. The van der Waals surface area contributed by atoms with Gasteiger partial charge in [-0.3, -0.25) is 33.4 Å². The van der Waals surface area contributed by atoms with E-state index in [9.17, 15) is 9.59 Å². The lowest BCUT2D eigenvalue weighted by Crippen LogP contribution is -2.48. The maximum absolute atomic E-state index is 12.1. The molecule has 4 aromatic rings. The van der Waals surface area contributed by atoms with Gasteiger partial charge in [0.2, 0.25) is 0 Å². The highest BCUT2D eigenvalue weighted by Gasteiger charge is 2.16. The number of aryl methyl sites for hydroxylation is 2. The molecule has 2 aromatic heterocycles. The first-order chi connectivity index (χ1) is 26.6. The van der Waals surface area contributed by atoms with Gasteiger partial charge in [0.05, 0.1) is 34.6 Å². The molecule has 0 unspecified atom stereocenters. The molecule has 4 heterocycles. The largest absolute Gasteiger partial charge is 0.395 e. The fraction of sp³-hybridized carbons (Fsp3) is 0.450. The number of nitrogens with one attached hydrogen (secondary N) is 3. The van der Waals surface area contributed by atoms with Crippen molar-refractivity contribution in [3.63, 3.8) is 0 Å². The molecule has 2 saturated heterocycles. The minimum absolute atomic E-state index is 0.0939. The SMILES string of the molecule is Cc1ccc(=O)n(-c2ccc(NCCCl)cc2Cl)c1.Cc1ccc(=O)n(-c2ccc(NCCN3CCN(CCO)CC3)cc2Cl)c1.OCCN1CCNCC1. The number of nitrogens with zero attached hydrogens (tertiary/aromatic N) is 5. The van der Waals surface area contributed by atoms with Crippen molar-refractivity contribution in [1.29, 1.82) is 0 Å². The summed E-state index contributed by atoms with van der Waals surface area (Å²) in [6.45, 7) is 16.8. The lowest BCUT2D eigenvalue weighted by molar-refractivity contribution is 0.115. The highest BCUT2D eigenvalue weighted by molar-refractivity contribution is 6.33. The number of piperazine rings is 2. The Bertz CT molecular complexity index is 1880. The van der Waals surface area contributed by atoms with Crippen molar-refractivity contribution in [3.05, 3.63) is 115 Å². The van der Waals surface area contributed by atoms with Crippen LogP contribution in [0.1, 0.15) is 11.1 Å². The Labute approximate surface area is 339 Å². The van der Waals surface area contributed by atoms with Crippen LogP contribution in [-0.4, -0.2) is 138 Å². The van der Waals surface area contributed by atoms with E-state index in [0.29, 0.717) is 40.5 Å². The summed E-state index contributed by atoms with van der Waals surface area (Å²) in [6.07, 6.45) is 3.57. The molecular formula is C40H55Cl3N8O4. The molecule has 6 rings (SSSR count). The van der Waals surface area contributed by atoms with E-state index in [1.54, 1.807) is 45.8 Å². The third-order valence-electron chi connectivity index (χ3n) is 9.22. The van der Waals surface area contributed by atoms with Gasteiger partial charge < -0.3 is 26.2 Å². The molecule has 0 saturated carbocycles. The average molecular weight is 818 g/mol. The molecule has 0 amide bonds. The standard InChI is InChI=1S/C20H27ClN4O2.C14H14Cl2N2O.C6H14N2O/c1-16-2-5-20(27)25(15-16)19-4-3-17(14-18(19)21)22-6-7-23-8-10-24(11-9-23)12-13-26;1-10-2-5-14(19)18(9-10)13-4-3-11(8-12(13)16)17-7-6-15;9-6-5-8-3-1-7-2-4-8/h2-5,14-15,22,26H,6-13H2,1H3;2-5,8-9,17H,6-7H2,1H3;7,9H,1-6H2. The van der Waals surface area contributed by atoms with Gasteiger partial charge in [-0.25, -0.2) is 0 Å². The van der Waals surface area contributed by atoms with E-state index in [2.05, 4.69) is 30.7 Å². The molecule has 2 aliphatic heterocycles. The molecule has 55 heavy (non-hydrogen) atoms. The second-order valence-electron chi connectivity index (χ2n) is 13.4. The van der Waals surface area contributed by atoms with Crippen LogP contribution in [0.5, 0.6) is 0 Å². The Morgan fingerprint density at radius 1 is 0.618 bits per heavy atom. The number of aliphatic hydroxyl groups excluding tert-OH is 2. The third kappa shape index (κ3) is 14.5. The van der Waals surface area contributed by atoms with Crippen molar-refractivity contribution < 1.29 is 10.2 Å². The quantitative estimate of drug-likeness (QED) is 0.126. The third-order valence-corrected chi connectivity index (χ3v) is 10.0. The average Bonchev–Trinajstić information content (AvgIpc) is 3.18. The maximum Gasteiger partial charge on any atom is 0.255 e. The summed E-state index contributed by atoms with van der Waals surface area (Å²) in [7, 11) is 0. The number of benzene rings is 2. The summed E-state index contributed by atoms with van der Waals surface area (Å²) in [4.78, 5) is 30.9. The van der Waals surface area contributed by atoms with Crippen molar-refractivity contribution in [2.75, 3.05) is 115 Å². The Balaban J connectivity index is 0.000000207. The van der Waals surface area contributed by atoms with E-state index in [1.807, 2.05) is 44.2 Å². The highest BCUT2D eigenvalue weighted by atomic mass is 35.5. The van der Waals surface area contributed by atoms with Crippen LogP contribution in [0.4, 0.5) is 11.4 Å². The minimum atomic E-state index is -0.103. The van der Waals surface area contributed by atoms with Gasteiger partial charge in [0.25, 0.3) is 11.1 Å². The predicted molar refractivity (Wildman–Crippen MR) is 228 cm³/mol. The van der Waals surface area contributed by atoms with Crippen molar-refractivity contribution >= 4 is 46.2 Å². The molecule has 0 radical (unpaired) electrons. The van der Waals surface area contributed by atoms with Crippen LogP contribution in [0.15, 0.2) is 82.6 Å². The highest BCUT2D eigenvalue weighted by Crippen LogP contribution is 2.25. The van der Waals surface area contributed by atoms with Gasteiger partial charge in [-0.15, -0.1) is 11.6 Å². The molecule has 0 atom stereocenters. The zero-order valence-electron chi connectivity index (χ0n) is 31.8. The molecule has 0 aliphatic carbocycles. The van der Waals surface area contributed by atoms with E-state index < -0.39 is 0 Å².